The van der Waals surface area contributed by atoms with Crippen LogP contribution in [0.25, 0.3) is 10.9 Å². The standard InChI is InChI=1S/C10H8ClNO2S/c11-15(13,14)7-8-3-1-5-10-9(8)4-2-6-12-10/h1-6H,7H2. The molecule has 0 radical (unpaired) electrons. The molecule has 0 bridgehead atoms. The number of fused-ring (bicyclic) bond motifs is 1. The van der Waals surface area contributed by atoms with Crippen molar-refractivity contribution >= 4 is 30.6 Å². The highest BCUT2D eigenvalue weighted by molar-refractivity contribution is 8.13. The van der Waals surface area contributed by atoms with E-state index in [9.17, 15) is 8.42 Å². The van der Waals surface area contributed by atoms with E-state index in [4.69, 9.17) is 10.7 Å². The SMILES string of the molecule is O=S(=O)(Cl)Cc1cccc2ncccc12. The minimum absolute atomic E-state index is 0.169. The maximum absolute atomic E-state index is 11.0. The molecule has 0 aliphatic rings. The molecule has 0 aliphatic carbocycles. The molecule has 5 heteroatoms. The number of hydrogen-bond donors (Lipinski definition) is 0. The third-order valence-electron chi connectivity index (χ3n) is 2.06. The Morgan fingerprint density at radius 1 is 1.20 bits per heavy atom. The number of aromatic nitrogens is 1. The fourth-order valence-electron chi connectivity index (χ4n) is 1.48. The van der Waals surface area contributed by atoms with Crippen LogP contribution >= 0.6 is 10.7 Å². The smallest absolute Gasteiger partial charge is 0.236 e. The Balaban J connectivity index is 2.61. The van der Waals surface area contributed by atoms with Gasteiger partial charge in [0.15, 0.2) is 0 Å². The first kappa shape index (κ1) is 10.4. The average Bonchev–Trinajstić information content (AvgIpc) is 2.16. The Bertz CT molecular complexity index is 590. The van der Waals surface area contributed by atoms with Crippen molar-refractivity contribution in [1.82, 2.24) is 4.98 Å². The summed E-state index contributed by atoms with van der Waals surface area (Å²) in [5, 5.41) is 0.823. The molecule has 0 atom stereocenters. The first-order chi connectivity index (χ1) is 7.06. The van der Waals surface area contributed by atoms with E-state index in [0.717, 1.165) is 10.9 Å². The van der Waals surface area contributed by atoms with Crippen LogP contribution in [0, 0.1) is 0 Å². The van der Waals surface area contributed by atoms with Crippen molar-refractivity contribution < 1.29 is 8.42 Å². The summed E-state index contributed by atoms with van der Waals surface area (Å²) in [6.07, 6.45) is 1.67. The van der Waals surface area contributed by atoms with E-state index in [1.165, 1.54) is 0 Å². The molecule has 78 valence electrons. The van der Waals surface area contributed by atoms with Gasteiger partial charge >= 0.3 is 0 Å². The molecule has 2 aromatic rings. The molecular weight excluding hydrogens is 234 g/mol. The van der Waals surface area contributed by atoms with Crippen LogP contribution < -0.4 is 0 Å². The van der Waals surface area contributed by atoms with E-state index in [-0.39, 0.29) is 5.75 Å². The predicted octanol–water partition coefficient (Wildman–Crippen LogP) is 2.30. The van der Waals surface area contributed by atoms with E-state index in [2.05, 4.69) is 4.98 Å². The summed E-state index contributed by atoms with van der Waals surface area (Å²) in [5.41, 5.74) is 1.45. The molecule has 1 aromatic carbocycles. The van der Waals surface area contributed by atoms with Gasteiger partial charge in [0.25, 0.3) is 0 Å². The number of nitrogens with zero attached hydrogens (tertiary/aromatic N) is 1. The fourth-order valence-corrected chi connectivity index (χ4v) is 2.45. The van der Waals surface area contributed by atoms with Gasteiger partial charge in [-0.05, 0) is 17.7 Å². The molecule has 0 saturated heterocycles. The summed E-state index contributed by atoms with van der Waals surface area (Å²) in [4.78, 5) is 4.13. The molecule has 1 heterocycles. The lowest BCUT2D eigenvalue weighted by atomic mass is 10.1. The van der Waals surface area contributed by atoms with Gasteiger partial charge in [-0.15, -0.1) is 0 Å². The molecule has 3 nitrogen and oxygen atoms in total. The van der Waals surface area contributed by atoms with Gasteiger partial charge in [-0.1, -0.05) is 18.2 Å². The largest absolute Gasteiger partial charge is 0.256 e. The van der Waals surface area contributed by atoms with Gasteiger partial charge in [0.1, 0.15) is 0 Å². The number of halogens is 1. The number of benzene rings is 1. The van der Waals surface area contributed by atoms with E-state index >= 15 is 0 Å². The molecule has 2 rings (SSSR count). The van der Waals surface area contributed by atoms with Crippen LogP contribution in [0.3, 0.4) is 0 Å². The first-order valence-corrected chi connectivity index (χ1v) is 6.79. The molecule has 0 unspecified atom stereocenters. The zero-order valence-corrected chi connectivity index (χ0v) is 9.29. The van der Waals surface area contributed by atoms with Gasteiger partial charge in [-0.3, -0.25) is 4.98 Å². The van der Waals surface area contributed by atoms with Crippen molar-refractivity contribution in [3.8, 4) is 0 Å². The lowest BCUT2D eigenvalue weighted by Crippen LogP contribution is -1.96. The van der Waals surface area contributed by atoms with Crippen molar-refractivity contribution in [2.24, 2.45) is 0 Å². The van der Waals surface area contributed by atoms with Crippen LogP contribution in [0.5, 0.6) is 0 Å². The van der Waals surface area contributed by atoms with E-state index in [1.54, 1.807) is 24.4 Å². The van der Waals surface area contributed by atoms with E-state index < -0.39 is 9.05 Å². The Kier molecular flexibility index (Phi) is 2.63. The van der Waals surface area contributed by atoms with Gasteiger partial charge in [0.05, 0.1) is 11.3 Å². The summed E-state index contributed by atoms with van der Waals surface area (Å²) >= 11 is 0. The number of rotatable bonds is 2. The van der Waals surface area contributed by atoms with Crippen LogP contribution in [0.2, 0.25) is 0 Å². The summed E-state index contributed by atoms with van der Waals surface area (Å²) in [6, 6.07) is 8.95. The van der Waals surface area contributed by atoms with Crippen molar-refractivity contribution in [2.75, 3.05) is 0 Å². The van der Waals surface area contributed by atoms with Crippen LogP contribution in [0.1, 0.15) is 5.56 Å². The lowest BCUT2D eigenvalue weighted by Gasteiger charge is -2.02. The Morgan fingerprint density at radius 3 is 2.73 bits per heavy atom. The zero-order valence-electron chi connectivity index (χ0n) is 7.72. The topological polar surface area (TPSA) is 47.0 Å². The van der Waals surface area contributed by atoms with Crippen molar-refractivity contribution in [1.29, 1.82) is 0 Å². The maximum atomic E-state index is 11.0. The summed E-state index contributed by atoms with van der Waals surface area (Å²) < 4.78 is 22.0. The molecule has 0 aliphatic heterocycles. The van der Waals surface area contributed by atoms with Gasteiger partial charge in [-0.2, -0.15) is 0 Å². The first-order valence-electron chi connectivity index (χ1n) is 4.31. The predicted molar refractivity (Wildman–Crippen MR) is 60.2 cm³/mol. The zero-order chi connectivity index (χ0) is 10.9. The lowest BCUT2D eigenvalue weighted by molar-refractivity contribution is 0.609. The molecule has 0 N–H and O–H groups in total. The second-order valence-electron chi connectivity index (χ2n) is 3.17. The van der Waals surface area contributed by atoms with Crippen molar-refractivity contribution in [2.45, 2.75) is 5.75 Å². The van der Waals surface area contributed by atoms with Crippen LogP contribution in [0.15, 0.2) is 36.5 Å². The Morgan fingerprint density at radius 2 is 2.00 bits per heavy atom. The third-order valence-corrected chi connectivity index (χ3v) is 3.05. The average molecular weight is 242 g/mol. The molecule has 0 fully saturated rings. The van der Waals surface area contributed by atoms with E-state index in [1.807, 2.05) is 12.1 Å². The summed E-state index contributed by atoms with van der Waals surface area (Å²) in [6.45, 7) is 0. The van der Waals surface area contributed by atoms with Crippen molar-refractivity contribution in [3.05, 3.63) is 42.1 Å². The number of hydrogen-bond acceptors (Lipinski definition) is 3. The fraction of sp³-hybridized carbons (Fsp3) is 0.100. The van der Waals surface area contributed by atoms with Gasteiger partial charge < -0.3 is 0 Å². The molecular formula is C10H8ClNO2S. The summed E-state index contributed by atoms with van der Waals surface area (Å²) in [5.74, 6) is -0.169. The van der Waals surface area contributed by atoms with Crippen LogP contribution in [0.4, 0.5) is 0 Å². The number of pyridine rings is 1. The second-order valence-corrected chi connectivity index (χ2v) is 5.95. The molecule has 0 amide bonds. The highest BCUT2D eigenvalue weighted by Gasteiger charge is 2.09. The van der Waals surface area contributed by atoms with E-state index in [0.29, 0.717) is 5.56 Å². The van der Waals surface area contributed by atoms with Crippen LogP contribution in [-0.4, -0.2) is 13.4 Å². The second kappa shape index (κ2) is 3.79. The quantitative estimate of drug-likeness (QED) is 0.758. The highest BCUT2D eigenvalue weighted by Crippen LogP contribution is 2.19. The highest BCUT2D eigenvalue weighted by atomic mass is 35.7. The minimum atomic E-state index is -3.52. The molecule has 0 saturated carbocycles. The monoisotopic (exact) mass is 241 g/mol. The third kappa shape index (κ3) is 2.46. The van der Waals surface area contributed by atoms with Crippen molar-refractivity contribution in [3.63, 3.8) is 0 Å². The Labute approximate surface area is 92.1 Å². The minimum Gasteiger partial charge on any atom is -0.256 e. The van der Waals surface area contributed by atoms with Gasteiger partial charge in [0.2, 0.25) is 9.05 Å². The molecule has 0 spiro atoms. The van der Waals surface area contributed by atoms with Crippen LogP contribution in [-0.2, 0) is 14.8 Å². The normalized spacial score (nSPS) is 11.8. The Hall–Kier alpha value is -1.13. The molecule has 15 heavy (non-hydrogen) atoms. The van der Waals surface area contributed by atoms with Gasteiger partial charge in [-0.25, -0.2) is 8.42 Å². The maximum Gasteiger partial charge on any atom is 0.236 e. The molecule has 1 aromatic heterocycles. The summed E-state index contributed by atoms with van der Waals surface area (Å²) in [7, 11) is 1.70. The van der Waals surface area contributed by atoms with Gasteiger partial charge in [0, 0.05) is 22.3 Å².